The molecule has 0 spiro atoms. The van der Waals surface area contributed by atoms with Crippen molar-refractivity contribution < 1.29 is 31.5 Å². The molecule has 0 aliphatic carbocycles. The van der Waals surface area contributed by atoms with Gasteiger partial charge in [-0.05, 0) is 25.1 Å². The zero-order valence-electron chi connectivity index (χ0n) is 12.8. The maximum atomic E-state index is 12.6. The molecule has 140 valence electrons. The molecular weight excluding hydrogens is 405 g/mol. The zero-order valence-corrected chi connectivity index (χ0v) is 15.2. The van der Waals surface area contributed by atoms with Gasteiger partial charge in [0.2, 0.25) is 15.6 Å². The number of sulfonamides is 1. The monoisotopic (exact) mass is 418 g/mol. The lowest BCUT2D eigenvalue weighted by molar-refractivity contribution is -0.242. The van der Waals surface area contributed by atoms with Crippen LogP contribution in [0.2, 0.25) is 5.02 Å². The van der Waals surface area contributed by atoms with Crippen molar-refractivity contribution in [2.45, 2.75) is 23.6 Å². The highest BCUT2D eigenvalue weighted by Gasteiger charge is 2.55. The summed E-state index contributed by atoms with van der Waals surface area (Å²) >= 11 is 7.33. The van der Waals surface area contributed by atoms with Crippen molar-refractivity contribution in [2.75, 3.05) is 23.5 Å². The number of halogens is 4. The second-order valence-corrected chi connectivity index (χ2v) is 8.80. The van der Waals surface area contributed by atoms with Gasteiger partial charge in [-0.25, -0.2) is 8.42 Å². The van der Waals surface area contributed by atoms with Gasteiger partial charge in [-0.1, -0.05) is 11.6 Å². The molecule has 1 heterocycles. The van der Waals surface area contributed by atoms with E-state index in [1.54, 1.807) is 0 Å². The van der Waals surface area contributed by atoms with E-state index in [0.717, 1.165) is 18.2 Å². The molecule has 25 heavy (non-hydrogen) atoms. The number of carbonyl (C=O) groups excluding carboxylic acids is 1. The normalized spacial score (nSPS) is 18.8. The van der Waals surface area contributed by atoms with Crippen molar-refractivity contribution in [1.29, 1.82) is 0 Å². The molecule has 12 heteroatoms. The first kappa shape index (κ1) is 20.3. The summed E-state index contributed by atoms with van der Waals surface area (Å²) in [6, 6.07) is 3.24. The Morgan fingerprint density at radius 2 is 2.04 bits per heavy atom. The van der Waals surface area contributed by atoms with Crippen molar-refractivity contribution in [1.82, 2.24) is 4.31 Å². The number of alkyl halides is 3. The van der Waals surface area contributed by atoms with Crippen LogP contribution in [0.25, 0.3) is 0 Å². The third-order valence-electron chi connectivity index (χ3n) is 3.54. The number of aliphatic hydroxyl groups is 1. The Morgan fingerprint density at radius 3 is 2.52 bits per heavy atom. The summed E-state index contributed by atoms with van der Waals surface area (Å²) in [4.78, 5) is 11.5. The predicted molar refractivity (Wildman–Crippen MR) is 88.0 cm³/mol. The highest BCUT2D eigenvalue weighted by Crippen LogP contribution is 2.33. The van der Waals surface area contributed by atoms with Gasteiger partial charge >= 0.3 is 6.18 Å². The Bertz CT molecular complexity index is 778. The summed E-state index contributed by atoms with van der Waals surface area (Å²) in [5, 5.41) is 10.9. The van der Waals surface area contributed by atoms with E-state index in [2.05, 4.69) is 0 Å². The molecule has 2 rings (SSSR count). The van der Waals surface area contributed by atoms with E-state index < -0.39 is 27.7 Å². The second kappa shape index (κ2) is 6.95. The van der Waals surface area contributed by atoms with Crippen molar-refractivity contribution in [3.63, 3.8) is 0 Å². The molecule has 1 aliphatic rings. The van der Waals surface area contributed by atoms with Gasteiger partial charge in [-0.15, -0.1) is 11.8 Å². The first-order valence-corrected chi connectivity index (χ1v) is 9.82. The molecule has 0 bridgehead atoms. The minimum absolute atomic E-state index is 0.138. The van der Waals surface area contributed by atoms with Gasteiger partial charge < -0.3 is 10.4 Å². The van der Waals surface area contributed by atoms with Crippen LogP contribution in [0.15, 0.2) is 23.1 Å². The number of benzene rings is 1. The number of hydrogen-bond acceptors (Lipinski definition) is 5. The van der Waals surface area contributed by atoms with Gasteiger partial charge in [-0.3, -0.25) is 4.79 Å². The number of nitrogens with zero attached hydrogens (tertiary/aromatic N) is 1. The van der Waals surface area contributed by atoms with Crippen LogP contribution in [0.1, 0.15) is 6.92 Å². The van der Waals surface area contributed by atoms with Crippen LogP contribution in [0.5, 0.6) is 0 Å². The Labute approximate surface area is 151 Å². The smallest absolute Gasteiger partial charge is 0.373 e. The van der Waals surface area contributed by atoms with Crippen LogP contribution >= 0.6 is 23.4 Å². The maximum absolute atomic E-state index is 12.6. The fraction of sp³-hybridized carbons (Fsp3) is 0.462. The van der Waals surface area contributed by atoms with Crippen LogP contribution in [0.4, 0.5) is 18.9 Å². The SMILES string of the molecule is CC(O)(C(=O)Nc1ccc(S(=O)(=O)N2CCSC2)cc1Cl)C(F)(F)F. The number of thioether (sulfide) groups is 1. The van der Waals surface area contributed by atoms with Gasteiger partial charge in [0.15, 0.2) is 0 Å². The maximum Gasteiger partial charge on any atom is 0.426 e. The second-order valence-electron chi connectivity index (χ2n) is 5.38. The molecule has 0 aromatic heterocycles. The summed E-state index contributed by atoms with van der Waals surface area (Å²) in [6.45, 7) is 0.650. The first-order chi connectivity index (χ1) is 11.4. The summed E-state index contributed by atoms with van der Waals surface area (Å²) < 4.78 is 64.0. The van der Waals surface area contributed by atoms with Gasteiger partial charge in [-0.2, -0.15) is 17.5 Å². The van der Waals surface area contributed by atoms with E-state index in [-0.39, 0.29) is 15.6 Å². The highest BCUT2D eigenvalue weighted by molar-refractivity contribution is 8.00. The van der Waals surface area contributed by atoms with Crippen LogP contribution in [0.3, 0.4) is 0 Å². The molecule has 1 aromatic carbocycles. The number of amides is 1. The fourth-order valence-corrected chi connectivity index (χ4v) is 5.00. The molecule has 2 N–H and O–H groups in total. The number of nitrogens with one attached hydrogen (secondary N) is 1. The van der Waals surface area contributed by atoms with Crippen molar-refractivity contribution in [3.05, 3.63) is 23.2 Å². The van der Waals surface area contributed by atoms with Gasteiger partial charge in [0.1, 0.15) is 0 Å². The van der Waals surface area contributed by atoms with Crippen molar-refractivity contribution in [3.8, 4) is 0 Å². The lowest BCUT2D eigenvalue weighted by Gasteiger charge is -2.25. The van der Waals surface area contributed by atoms with Crippen molar-refractivity contribution in [2.24, 2.45) is 0 Å². The molecule has 1 unspecified atom stereocenters. The number of carbonyl (C=O) groups is 1. The van der Waals surface area contributed by atoms with Crippen molar-refractivity contribution >= 4 is 45.0 Å². The van der Waals surface area contributed by atoms with Gasteiger partial charge in [0.05, 0.1) is 21.5 Å². The minimum Gasteiger partial charge on any atom is -0.373 e. The molecule has 1 fully saturated rings. The number of rotatable bonds is 4. The van der Waals surface area contributed by atoms with E-state index in [1.165, 1.54) is 16.1 Å². The quantitative estimate of drug-likeness (QED) is 0.783. The van der Waals surface area contributed by atoms with Gasteiger partial charge in [0, 0.05) is 12.3 Å². The molecule has 1 aromatic rings. The van der Waals surface area contributed by atoms with E-state index in [1.807, 2.05) is 5.32 Å². The fourth-order valence-electron chi connectivity index (χ4n) is 1.87. The molecule has 1 atom stereocenters. The number of anilines is 1. The minimum atomic E-state index is -5.18. The summed E-state index contributed by atoms with van der Waals surface area (Å²) in [6.07, 6.45) is -5.18. The topological polar surface area (TPSA) is 86.7 Å². The number of hydrogen-bond donors (Lipinski definition) is 2. The van der Waals surface area contributed by atoms with Crippen LogP contribution < -0.4 is 5.32 Å². The molecule has 1 amide bonds. The summed E-state index contributed by atoms with van der Waals surface area (Å²) in [5.74, 6) is -0.769. The average molecular weight is 419 g/mol. The highest BCUT2D eigenvalue weighted by atomic mass is 35.5. The first-order valence-electron chi connectivity index (χ1n) is 6.85. The van der Waals surface area contributed by atoms with E-state index in [4.69, 9.17) is 11.6 Å². The molecule has 0 radical (unpaired) electrons. The van der Waals surface area contributed by atoms with E-state index in [9.17, 15) is 31.5 Å². The third kappa shape index (κ3) is 4.05. The van der Waals surface area contributed by atoms with Crippen LogP contribution in [0, 0.1) is 0 Å². The average Bonchev–Trinajstić information content (AvgIpc) is 3.02. The molecule has 1 aliphatic heterocycles. The molecule has 6 nitrogen and oxygen atoms in total. The summed E-state index contributed by atoms with van der Waals surface area (Å²) in [5.41, 5.74) is -3.86. The van der Waals surface area contributed by atoms with Crippen LogP contribution in [-0.4, -0.2) is 53.7 Å². The Morgan fingerprint density at radius 1 is 1.40 bits per heavy atom. The van der Waals surface area contributed by atoms with E-state index >= 15 is 0 Å². The Balaban J connectivity index is 2.24. The lowest BCUT2D eigenvalue weighted by atomic mass is 10.1. The molecular formula is C13H14ClF3N2O4S2. The van der Waals surface area contributed by atoms with E-state index in [0.29, 0.717) is 25.1 Å². The predicted octanol–water partition coefficient (Wildman–Crippen LogP) is 2.29. The molecule has 0 saturated carbocycles. The largest absolute Gasteiger partial charge is 0.426 e. The lowest BCUT2D eigenvalue weighted by Crippen LogP contribution is -2.52. The summed E-state index contributed by atoms with van der Waals surface area (Å²) in [7, 11) is -3.77. The molecule has 1 saturated heterocycles. The standard InChI is InChI=1S/C13H14ClF3N2O4S2/c1-12(21,13(15,16)17)11(20)18-10-3-2-8(6-9(10)14)25(22,23)19-4-5-24-7-19/h2-3,6,21H,4-5,7H2,1H3,(H,18,20). The van der Waals surface area contributed by atoms with Crippen LogP contribution in [-0.2, 0) is 14.8 Å². The Kier molecular flexibility index (Phi) is 5.65. The zero-order chi connectivity index (χ0) is 19.0. The van der Waals surface area contributed by atoms with Gasteiger partial charge in [0.25, 0.3) is 5.91 Å². The Hall–Kier alpha value is -1.01. The third-order valence-corrected chi connectivity index (χ3v) is 6.82.